The molecule has 4 aromatic rings. The molecule has 0 atom stereocenters. The van der Waals surface area contributed by atoms with Crippen LogP contribution in [-0.4, -0.2) is 43.0 Å². The third kappa shape index (κ3) is 5.59. The van der Waals surface area contributed by atoms with Gasteiger partial charge in [0.2, 0.25) is 0 Å². The molecule has 4 rings (SSSR count). The van der Waals surface area contributed by atoms with E-state index in [2.05, 4.69) is 30.9 Å². The Balaban J connectivity index is 1.64. The fourth-order valence-electron chi connectivity index (χ4n) is 3.59. The number of ether oxygens (including phenoxy) is 1. The molecule has 0 radical (unpaired) electrons. The molecule has 0 saturated heterocycles. The third-order valence-corrected chi connectivity index (χ3v) is 6.56. The van der Waals surface area contributed by atoms with E-state index in [1.165, 1.54) is 11.1 Å². The predicted octanol–water partition coefficient (Wildman–Crippen LogP) is 6.30. The van der Waals surface area contributed by atoms with Gasteiger partial charge in [0.1, 0.15) is 11.5 Å². The van der Waals surface area contributed by atoms with Crippen LogP contribution in [0.2, 0.25) is 0 Å². The molecular formula is C27H29N3O2S. The largest absolute Gasteiger partial charge is 0.457 e. The van der Waals surface area contributed by atoms with Crippen molar-refractivity contribution < 1.29 is 9.53 Å². The molecule has 1 amide bonds. The van der Waals surface area contributed by atoms with E-state index >= 15 is 0 Å². The Hall–Kier alpha value is -3.22. The lowest BCUT2D eigenvalue weighted by atomic mass is 10.1. The number of carbonyl (C=O) groups excluding carboxylic acids is 1. The maximum Gasteiger partial charge on any atom is 0.260 e. The minimum atomic E-state index is -0.0697. The van der Waals surface area contributed by atoms with Crippen LogP contribution in [-0.2, 0) is 0 Å². The summed E-state index contributed by atoms with van der Waals surface area (Å²) in [4.78, 5) is 22.4. The maximum absolute atomic E-state index is 13.7. The average molecular weight is 460 g/mol. The van der Waals surface area contributed by atoms with Crippen LogP contribution in [0.5, 0.6) is 11.5 Å². The molecule has 6 heteroatoms. The lowest BCUT2D eigenvalue weighted by Crippen LogP contribution is -2.33. The zero-order chi connectivity index (χ0) is 23.4. The van der Waals surface area contributed by atoms with Gasteiger partial charge in [-0.1, -0.05) is 35.6 Å². The number of benzene rings is 3. The molecule has 33 heavy (non-hydrogen) atoms. The van der Waals surface area contributed by atoms with E-state index in [1.54, 1.807) is 22.3 Å². The van der Waals surface area contributed by atoms with Gasteiger partial charge in [0.15, 0.2) is 5.13 Å². The summed E-state index contributed by atoms with van der Waals surface area (Å²) < 4.78 is 7.05. The molecular weight excluding hydrogens is 430 g/mol. The van der Waals surface area contributed by atoms with E-state index in [-0.39, 0.29) is 5.91 Å². The van der Waals surface area contributed by atoms with E-state index in [0.717, 1.165) is 34.1 Å². The summed E-state index contributed by atoms with van der Waals surface area (Å²) in [5.41, 5.74) is 3.95. The van der Waals surface area contributed by atoms with Crippen LogP contribution in [0.4, 0.5) is 5.13 Å². The van der Waals surface area contributed by atoms with Gasteiger partial charge >= 0.3 is 0 Å². The van der Waals surface area contributed by atoms with E-state index in [0.29, 0.717) is 17.9 Å². The number of aromatic nitrogens is 1. The van der Waals surface area contributed by atoms with Crippen molar-refractivity contribution in [2.75, 3.05) is 32.1 Å². The van der Waals surface area contributed by atoms with E-state index in [9.17, 15) is 4.79 Å². The zero-order valence-electron chi connectivity index (χ0n) is 19.5. The number of hydrogen-bond acceptors (Lipinski definition) is 5. The average Bonchev–Trinajstić information content (AvgIpc) is 3.19. The molecule has 1 aromatic heterocycles. The Morgan fingerprint density at radius 3 is 2.39 bits per heavy atom. The van der Waals surface area contributed by atoms with Crippen molar-refractivity contribution in [1.82, 2.24) is 9.88 Å². The van der Waals surface area contributed by atoms with Crippen molar-refractivity contribution >= 4 is 32.6 Å². The number of aryl methyl sites for hydroxylation is 2. The number of carbonyl (C=O) groups is 1. The summed E-state index contributed by atoms with van der Waals surface area (Å²) >= 11 is 1.57. The van der Waals surface area contributed by atoms with Crippen LogP contribution in [0.15, 0.2) is 66.7 Å². The zero-order valence-corrected chi connectivity index (χ0v) is 20.4. The first-order valence-corrected chi connectivity index (χ1v) is 11.9. The maximum atomic E-state index is 13.7. The predicted molar refractivity (Wildman–Crippen MR) is 137 cm³/mol. The van der Waals surface area contributed by atoms with Gasteiger partial charge in [-0.25, -0.2) is 4.98 Å². The molecule has 0 fully saturated rings. The van der Waals surface area contributed by atoms with Gasteiger partial charge in [0.05, 0.1) is 10.2 Å². The molecule has 0 N–H and O–H groups in total. The number of para-hydroxylation sites is 1. The number of nitrogens with zero attached hydrogens (tertiary/aromatic N) is 3. The van der Waals surface area contributed by atoms with Crippen molar-refractivity contribution in [3.05, 3.63) is 83.4 Å². The minimum absolute atomic E-state index is 0.0697. The van der Waals surface area contributed by atoms with Gasteiger partial charge in [-0.2, -0.15) is 0 Å². The summed E-state index contributed by atoms with van der Waals surface area (Å²) in [6.45, 7) is 5.68. The highest BCUT2D eigenvalue weighted by molar-refractivity contribution is 7.22. The molecule has 0 aliphatic rings. The summed E-state index contributed by atoms with van der Waals surface area (Å²) in [6.07, 6.45) is 0.854. The van der Waals surface area contributed by atoms with Gasteiger partial charge < -0.3 is 9.64 Å². The van der Waals surface area contributed by atoms with Crippen LogP contribution in [0.3, 0.4) is 0 Å². The molecule has 0 aliphatic heterocycles. The second-order valence-electron chi connectivity index (χ2n) is 8.46. The molecule has 0 unspecified atom stereocenters. The van der Waals surface area contributed by atoms with Crippen molar-refractivity contribution in [2.24, 2.45) is 0 Å². The van der Waals surface area contributed by atoms with Crippen LogP contribution >= 0.6 is 11.3 Å². The highest BCUT2D eigenvalue weighted by atomic mass is 32.1. The highest BCUT2D eigenvalue weighted by Crippen LogP contribution is 2.32. The fraction of sp³-hybridized carbons (Fsp3) is 0.259. The lowest BCUT2D eigenvalue weighted by Gasteiger charge is -2.21. The Morgan fingerprint density at radius 2 is 1.64 bits per heavy atom. The van der Waals surface area contributed by atoms with Crippen LogP contribution in [0.1, 0.15) is 27.9 Å². The van der Waals surface area contributed by atoms with Gasteiger partial charge in [-0.3, -0.25) is 9.69 Å². The number of rotatable bonds is 8. The normalized spacial score (nSPS) is 11.2. The van der Waals surface area contributed by atoms with Gasteiger partial charge in [-0.05, 0) is 94.5 Å². The van der Waals surface area contributed by atoms with Crippen molar-refractivity contribution in [2.45, 2.75) is 20.3 Å². The third-order valence-electron chi connectivity index (χ3n) is 5.52. The van der Waals surface area contributed by atoms with Crippen LogP contribution in [0, 0.1) is 13.8 Å². The first-order chi connectivity index (χ1) is 15.9. The molecule has 5 nitrogen and oxygen atoms in total. The molecule has 0 spiro atoms. The smallest absolute Gasteiger partial charge is 0.260 e. The molecule has 1 heterocycles. The SMILES string of the molecule is Cc1cc2nc(N(CCCN(C)C)C(=O)c3cccc(Oc4ccccc4)c3)sc2cc1C. The van der Waals surface area contributed by atoms with E-state index in [4.69, 9.17) is 9.72 Å². The first-order valence-electron chi connectivity index (χ1n) is 11.1. The summed E-state index contributed by atoms with van der Waals surface area (Å²) in [6, 6.07) is 21.2. The summed E-state index contributed by atoms with van der Waals surface area (Å²) in [5.74, 6) is 1.30. The van der Waals surface area contributed by atoms with Crippen molar-refractivity contribution in [1.29, 1.82) is 0 Å². The Labute approximate surface area is 199 Å². The second kappa shape index (κ2) is 10.1. The van der Waals surface area contributed by atoms with Gasteiger partial charge in [-0.15, -0.1) is 0 Å². The number of hydrogen-bond donors (Lipinski definition) is 0. The second-order valence-corrected chi connectivity index (χ2v) is 9.47. The first kappa shape index (κ1) is 23.0. The van der Waals surface area contributed by atoms with E-state index in [1.807, 2.05) is 62.6 Å². The molecule has 0 bridgehead atoms. The standard InChI is InChI=1S/C27H29N3O2S/c1-19-16-24-25(17-20(19)2)33-27(28-24)30(15-9-14-29(3)4)26(31)21-10-8-13-23(18-21)32-22-11-6-5-7-12-22/h5-8,10-13,16-18H,9,14-15H2,1-4H3. The minimum Gasteiger partial charge on any atom is -0.457 e. The highest BCUT2D eigenvalue weighted by Gasteiger charge is 2.22. The van der Waals surface area contributed by atoms with Crippen LogP contribution in [0.25, 0.3) is 10.2 Å². The number of amides is 1. The van der Waals surface area contributed by atoms with Crippen molar-refractivity contribution in [3.8, 4) is 11.5 Å². The Kier molecular flexibility index (Phi) is 7.06. The molecule has 170 valence electrons. The van der Waals surface area contributed by atoms with Crippen molar-refractivity contribution in [3.63, 3.8) is 0 Å². The number of fused-ring (bicyclic) bond motifs is 1. The summed E-state index contributed by atoms with van der Waals surface area (Å²) in [7, 11) is 4.08. The lowest BCUT2D eigenvalue weighted by molar-refractivity contribution is 0.0985. The molecule has 0 aliphatic carbocycles. The van der Waals surface area contributed by atoms with Gasteiger partial charge in [0.25, 0.3) is 5.91 Å². The van der Waals surface area contributed by atoms with Crippen LogP contribution < -0.4 is 9.64 Å². The molecule has 0 saturated carbocycles. The van der Waals surface area contributed by atoms with E-state index < -0.39 is 0 Å². The topological polar surface area (TPSA) is 45.7 Å². The fourth-order valence-corrected chi connectivity index (χ4v) is 4.66. The number of anilines is 1. The summed E-state index contributed by atoms with van der Waals surface area (Å²) in [5, 5.41) is 0.730. The monoisotopic (exact) mass is 459 g/mol. The Morgan fingerprint density at radius 1 is 0.909 bits per heavy atom. The quantitative estimate of drug-likeness (QED) is 0.310. The number of thiazole rings is 1. The Bertz CT molecular complexity index is 1210. The van der Waals surface area contributed by atoms with Gasteiger partial charge in [0, 0.05) is 12.1 Å². The molecule has 3 aromatic carbocycles.